The third kappa shape index (κ3) is 3.56. The van der Waals surface area contributed by atoms with Crippen LogP contribution in [-0.4, -0.2) is 18.5 Å². The summed E-state index contributed by atoms with van der Waals surface area (Å²) in [7, 11) is -3.18. The molecule has 0 fully saturated rings. The highest BCUT2D eigenvalue weighted by Crippen LogP contribution is 2.60. The van der Waals surface area contributed by atoms with Gasteiger partial charge in [0.1, 0.15) is 5.28 Å². The SMILES string of the molecule is CCCC(N)(CC)P(=O)(OCC)OCC. The summed E-state index contributed by atoms with van der Waals surface area (Å²) in [6.07, 6.45) is 2.12. The molecule has 0 aromatic rings. The molecule has 0 bridgehead atoms. The van der Waals surface area contributed by atoms with Crippen LogP contribution in [0.5, 0.6) is 0 Å². The van der Waals surface area contributed by atoms with Gasteiger partial charge in [0.25, 0.3) is 0 Å². The van der Waals surface area contributed by atoms with Crippen molar-refractivity contribution in [3.8, 4) is 0 Å². The molecule has 0 aromatic carbocycles. The van der Waals surface area contributed by atoms with Crippen LogP contribution < -0.4 is 5.73 Å². The van der Waals surface area contributed by atoms with Crippen LogP contribution >= 0.6 is 7.60 Å². The number of hydrogen-bond donors (Lipinski definition) is 1. The standard InChI is InChI=1S/C10H24NO3P/c1-5-9-10(11,6-2)15(12,13-7-3)14-8-4/h5-9,11H2,1-4H3. The van der Waals surface area contributed by atoms with E-state index in [1.54, 1.807) is 13.8 Å². The molecular formula is C10H24NO3P. The molecule has 0 aliphatic rings. The second-order valence-corrected chi connectivity index (χ2v) is 5.94. The smallest absolute Gasteiger partial charge is 0.315 e. The van der Waals surface area contributed by atoms with Crippen molar-refractivity contribution in [3.63, 3.8) is 0 Å². The summed E-state index contributed by atoms with van der Waals surface area (Å²) in [6.45, 7) is 8.25. The molecule has 15 heavy (non-hydrogen) atoms. The zero-order valence-electron chi connectivity index (χ0n) is 10.3. The van der Waals surface area contributed by atoms with Gasteiger partial charge in [0.2, 0.25) is 0 Å². The minimum Gasteiger partial charge on any atom is -0.315 e. The van der Waals surface area contributed by atoms with Gasteiger partial charge < -0.3 is 14.8 Å². The van der Waals surface area contributed by atoms with Gasteiger partial charge in [-0.25, -0.2) is 0 Å². The minimum atomic E-state index is -3.18. The molecule has 0 heterocycles. The van der Waals surface area contributed by atoms with Crippen molar-refractivity contribution in [1.29, 1.82) is 0 Å². The van der Waals surface area contributed by atoms with E-state index >= 15 is 0 Å². The molecule has 0 rings (SSSR count). The van der Waals surface area contributed by atoms with E-state index in [1.807, 2.05) is 13.8 Å². The first-order chi connectivity index (χ1) is 6.99. The lowest BCUT2D eigenvalue weighted by molar-refractivity contribution is 0.191. The highest BCUT2D eigenvalue weighted by Gasteiger charge is 2.45. The molecule has 92 valence electrons. The van der Waals surface area contributed by atoms with Gasteiger partial charge in [0, 0.05) is 0 Å². The largest absolute Gasteiger partial charge is 0.350 e. The van der Waals surface area contributed by atoms with Crippen LogP contribution in [0.2, 0.25) is 0 Å². The summed E-state index contributed by atoms with van der Waals surface area (Å²) in [4.78, 5) is 0. The van der Waals surface area contributed by atoms with Crippen LogP contribution in [0.15, 0.2) is 0 Å². The highest BCUT2D eigenvalue weighted by atomic mass is 31.2. The van der Waals surface area contributed by atoms with Crippen LogP contribution in [0, 0.1) is 0 Å². The Morgan fingerprint density at radius 3 is 1.87 bits per heavy atom. The average Bonchev–Trinajstić information content (AvgIpc) is 2.18. The van der Waals surface area contributed by atoms with Crippen molar-refractivity contribution < 1.29 is 13.6 Å². The van der Waals surface area contributed by atoms with Gasteiger partial charge in [-0.05, 0) is 26.7 Å². The quantitative estimate of drug-likeness (QED) is 0.659. The molecule has 0 amide bonds. The Morgan fingerprint density at radius 2 is 1.60 bits per heavy atom. The Labute approximate surface area is 93.1 Å². The second-order valence-electron chi connectivity index (χ2n) is 3.54. The van der Waals surface area contributed by atoms with Gasteiger partial charge in [-0.2, -0.15) is 0 Å². The lowest BCUT2D eigenvalue weighted by atomic mass is 10.1. The van der Waals surface area contributed by atoms with E-state index in [1.165, 1.54) is 0 Å². The molecule has 1 unspecified atom stereocenters. The molecule has 5 heteroatoms. The zero-order chi connectivity index (χ0) is 11.9. The van der Waals surface area contributed by atoms with Crippen LogP contribution in [0.3, 0.4) is 0 Å². The van der Waals surface area contributed by atoms with Crippen LogP contribution in [0.25, 0.3) is 0 Å². The molecule has 0 saturated heterocycles. The Morgan fingerprint density at radius 1 is 1.13 bits per heavy atom. The maximum atomic E-state index is 12.5. The normalized spacial score (nSPS) is 16.3. The van der Waals surface area contributed by atoms with E-state index in [4.69, 9.17) is 14.8 Å². The Bertz CT molecular complexity index is 213. The molecule has 0 aromatic heterocycles. The maximum Gasteiger partial charge on any atom is 0.350 e. The summed E-state index contributed by atoms with van der Waals surface area (Å²) in [5.41, 5.74) is 6.15. The number of rotatable bonds is 8. The fourth-order valence-electron chi connectivity index (χ4n) is 1.57. The predicted octanol–water partition coefficient (Wildman–Crippen LogP) is 3.12. The van der Waals surface area contributed by atoms with E-state index in [0.29, 0.717) is 26.1 Å². The maximum absolute atomic E-state index is 12.5. The molecule has 0 saturated carbocycles. The second kappa shape index (κ2) is 6.64. The van der Waals surface area contributed by atoms with Crippen molar-refractivity contribution in [1.82, 2.24) is 0 Å². The zero-order valence-corrected chi connectivity index (χ0v) is 11.2. The number of nitrogens with two attached hydrogens (primary N) is 1. The first kappa shape index (κ1) is 15.1. The minimum absolute atomic E-state index is 0.361. The topological polar surface area (TPSA) is 61.6 Å². The van der Waals surface area contributed by atoms with E-state index in [9.17, 15) is 4.57 Å². The Kier molecular flexibility index (Phi) is 6.69. The summed E-state index contributed by atoms with van der Waals surface area (Å²) < 4.78 is 23.1. The summed E-state index contributed by atoms with van der Waals surface area (Å²) >= 11 is 0. The van der Waals surface area contributed by atoms with Crippen LogP contribution in [0.1, 0.15) is 47.0 Å². The van der Waals surface area contributed by atoms with Crippen molar-refractivity contribution in [2.24, 2.45) is 5.73 Å². The third-order valence-electron chi connectivity index (χ3n) is 2.44. The molecule has 4 nitrogen and oxygen atoms in total. The Balaban J connectivity index is 4.91. The Hall–Kier alpha value is 0.110. The first-order valence-corrected chi connectivity index (χ1v) is 7.22. The van der Waals surface area contributed by atoms with Gasteiger partial charge in [0.05, 0.1) is 13.2 Å². The first-order valence-electron chi connectivity index (χ1n) is 5.67. The van der Waals surface area contributed by atoms with Crippen molar-refractivity contribution in [2.75, 3.05) is 13.2 Å². The molecule has 1 atom stereocenters. The molecule has 0 radical (unpaired) electrons. The summed E-state index contributed by atoms with van der Waals surface area (Å²) in [5.74, 6) is 0. The van der Waals surface area contributed by atoms with E-state index in [-0.39, 0.29) is 0 Å². The monoisotopic (exact) mass is 237 g/mol. The van der Waals surface area contributed by atoms with Crippen LogP contribution in [-0.2, 0) is 13.6 Å². The number of hydrogen-bond acceptors (Lipinski definition) is 4. The average molecular weight is 237 g/mol. The van der Waals surface area contributed by atoms with Gasteiger partial charge >= 0.3 is 7.60 Å². The lowest BCUT2D eigenvalue weighted by Crippen LogP contribution is -2.40. The van der Waals surface area contributed by atoms with Crippen molar-refractivity contribution in [2.45, 2.75) is 52.2 Å². The van der Waals surface area contributed by atoms with Crippen LogP contribution in [0.4, 0.5) is 0 Å². The van der Waals surface area contributed by atoms with Gasteiger partial charge in [-0.15, -0.1) is 0 Å². The summed E-state index contributed by atoms with van der Waals surface area (Å²) in [6, 6.07) is 0. The lowest BCUT2D eigenvalue weighted by Gasteiger charge is -2.34. The van der Waals surface area contributed by atoms with E-state index in [0.717, 1.165) is 6.42 Å². The van der Waals surface area contributed by atoms with Crippen molar-refractivity contribution >= 4 is 7.60 Å². The van der Waals surface area contributed by atoms with Gasteiger partial charge in [-0.3, -0.25) is 4.57 Å². The predicted molar refractivity (Wildman–Crippen MR) is 63.0 cm³/mol. The van der Waals surface area contributed by atoms with Crippen molar-refractivity contribution in [3.05, 3.63) is 0 Å². The fourth-order valence-corrected chi connectivity index (χ4v) is 3.73. The summed E-state index contributed by atoms with van der Waals surface area (Å²) in [5, 5.41) is -0.840. The van der Waals surface area contributed by atoms with E-state index < -0.39 is 12.9 Å². The third-order valence-corrected chi connectivity index (χ3v) is 5.27. The molecule has 0 spiro atoms. The van der Waals surface area contributed by atoms with E-state index in [2.05, 4.69) is 0 Å². The molecular weight excluding hydrogens is 213 g/mol. The molecule has 2 N–H and O–H groups in total. The van der Waals surface area contributed by atoms with Gasteiger partial charge in [0.15, 0.2) is 0 Å². The fraction of sp³-hybridized carbons (Fsp3) is 1.00. The molecule has 0 aliphatic heterocycles. The van der Waals surface area contributed by atoms with Gasteiger partial charge in [-0.1, -0.05) is 20.3 Å². The highest BCUT2D eigenvalue weighted by molar-refractivity contribution is 7.55. The molecule has 0 aliphatic carbocycles.